The van der Waals surface area contributed by atoms with Crippen LogP contribution in [-0.2, 0) is 93.3 Å². The van der Waals surface area contributed by atoms with Crippen molar-refractivity contribution in [2.75, 3.05) is 32.7 Å². The number of ketones is 5. The van der Waals surface area contributed by atoms with Crippen molar-refractivity contribution < 1.29 is 106 Å². The monoisotopic (exact) mass is 1580 g/mol. The van der Waals surface area contributed by atoms with Gasteiger partial charge in [-0.05, 0) is 78.0 Å². The molecule has 5 fully saturated rings. The molecule has 4 aromatic rings. The zero-order valence-electron chi connectivity index (χ0n) is 65.3. The predicted octanol–water partition coefficient (Wildman–Crippen LogP) is 3.98. The predicted molar refractivity (Wildman–Crippen MR) is 411 cm³/mol. The number of Topliss-reactive ketones (excluding diaryl/α,β-unsaturated/α-hetero) is 5. The first-order chi connectivity index (χ1) is 53.7. The third-order valence-electron chi connectivity index (χ3n) is 19.2. The number of carbonyl (C=O) groups excluding carboxylic acids is 14. The molecular formula is C81H112N10O22. The molecule has 9 rings (SSSR count). The lowest BCUT2D eigenvalue weighted by Crippen LogP contribution is -2.53. The fraction of sp³-hybridized carbons (Fsp3) is 0.531. The molecule has 4 aromatic carbocycles. The second-order valence-corrected chi connectivity index (χ2v) is 29.5. The Labute approximate surface area is 658 Å². The van der Waals surface area contributed by atoms with Gasteiger partial charge in [0.1, 0.15) is 44.7 Å². The molecule has 32 heteroatoms. The third kappa shape index (κ3) is 32.6. The Morgan fingerprint density at radius 1 is 0.372 bits per heavy atom. The number of hydrogen-bond acceptors (Lipinski definition) is 23. The molecule has 5 aliphatic heterocycles. The number of alkyl carbamates (subject to hydrolysis) is 4. The maximum atomic E-state index is 12.6. The van der Waals surface area contributed by atoms with E-state index in [1.807, 2.05) is 149 Å². The topological polar surface area (TPSA) is 491 Å². The molecule has 0 spiro atoms. The van der Waals surface area contributed by atoms with Crippen LogP contribution in [-0.4, -0.2) is 191 Å². The van der Waals surface area contributed by atoms with Gasteiger partial charge in [0, 0.05) is 76.2 Å². The quantitative estimate of drug-likeness (QED) is 0.0282. The summed E-state index contributed by atoms with van der Waals surface area (Å²) in [6.45, 7) is 17.1. The molecule has 0 bridgehead atoms. The van der Waals surface area contributed by atoms with Crippen LogP contribution in [0.15, 0.2) is 121 Å². The number of nitrogens with two attached hydrogens (primary N) is 1. The molecule has 113 heavy (non-hydrogen) atoms. The van der Waals surface area contributed by atoms with Gasteiger partial charge in [-0.2, -0.15) is 0 Å². The number of aliphatic hydroxyl groups is 4. The van der Waals surface area contributed by atoms with Crippen molar-refractivity contribution in [2.24, 2.45) is 53.1 Å². The summed E-state index contributed by atoms with van der Waals surface area (Å²) in [4.78, 5) is 167. The molecule has 5 aliphatic rings. The fourth-order valence-corrected chi connectivity index (χ4v) is 12.5. The van der Waals surface area contributed by atoms with E-state index in [-0.39, 0.29) is 111 Å². The SMILES string of the molecule is CC(C)[C@H](NC(=O)OCc1ccccc1)C(=O)CC1C(=O)NCCC1O.CC(C)[C@H](NC(=O)OCc1ccccc1)C(=O)CC1CCNC(=O)C1=O.CC(C)[C@H](NC(=O)OCc1ccccc1)C(=O)CC1CCNC(=O)C1O.CC(C)[C@H](NC(=O)OCc1ccccc1)C(=O)CC1CCNC(=O)C1O.NC1C(=O)NCCC1O. The molecule has 0 aliphatic carbocycles. The van der Waals surface area contributed by atoms with Crippen LogP contribution < -0.4 is 53.6 Å². The molecule has 32 nitrogen and oxygen atoms in total. The van der Waals surface area contributed by atoms with Crippen molar-refractivity contribution in [1.82, 2.24) is 47.9 Å². The van der Waals surface area contributed by atoms with Crippen molar-refractivity contribution in [3.05, 3.63) is 144 Å². The highest BCUT2D eigenvalue weighted by atomic mass is 16.6. The number of nitrogens with one attached hydrogen (secondary N) is 9. The standard InChI is InChI=1S/3C19H26N2O5.C19H24N2O5.C5H10N2O2/c1-12(2)17(16(23)10-14-15(22)8-9-20-18(14)24)21-19(25)26-11-13-6-4-3-5-7-13;3*1-12(2)16(15(22)10-14-8-9-20-18(24)17(14)23)21-19(25)26-11-13-6-4-3-5-7-13;6-4-3(8)1-2-7-5(4)9/h3-7,12,14-15,17,22H,8-11H2,1-2H3,(H,20,24)(H,21,25);2*3-7,12,14,16-17,23H,8-11H2,1-2H3,(H,20,24)(H,21,25);3-7,12,14,16H,8-11H2,1-2H3,(H,20,24)(H,21,25);3-4,8H,1-2,6H2,(H,7,9)/t14?,15?,17-;2*14?,16-,17?;14?,16-;/m0000./s1. The summed E-state index contributed by atoms with van der Waals surface area (Å²) in [5, 5.41) is 61.9. The second-order valence-electron chi connectivity index (χ2n) is 29.5. The summed E-state index contributed by atoms with van der Waals surface area (Å²) in [5.41, 5.74) is 8.65. The zero-order chi connectivity index (χ0) is 83.3. The molecule has 618 valence electrons. The van der Waals surface area contributed by atoms with Crippen molar-refractivity contribution in [3.8, 4) is 0 Å². The van der Waals surface area contributed by atoms with E-state index in [1.54, 1.807) is 27.7 Å². The van der Waals surface area contributed by atoms with Gasteiger partial charge in [-0.25, -0.2) is 19.2 Å². The van der Waals surface area contributed by atoms with Crippen molar-refractivity contribution in [3.63, 3.8) is 0 Å². The van der Waals surface area contributed by atoms with Gasteiger partial charge in [0.05, 0.1) is 42.3 Å². The number of benzene rings is 4. The van der Waals surface area contributed by atoms with E-state index in [4.69, 9.17) is 29.8 Å². The maximum Gasteiger partial charge on any atom is 0.408 e. The van der Waals surface area contributed by atoms with E-state index in [1.165, 1.54) is 0 Å². The van der Waals surface area contributed by atoms with Gasteiger partial charge in [0.15, 0.2) is 23.1 Å². The highest BCUT2D eigenvalue weighted by Gasteiger charge is 2.40. The Morgan fingerprint density at radius 3 is 0.965 bits per heavy atom. The van der Waals surface area contributed by atoms with E-state index in [9.17, 15) is 82.4 Å². The summed E-state index contributed by atoms with van der Waals surface area (Å²) < 4.78 is 20.7. The third-order valence-corrected chi connectivity index (χ3v) is 19.2. The minimum Gasteiger partial charge on any atom is -0.445 e. The van der Waals surface area contributed by atoms with Crippen LogP contribution in [0.5, 0.6) is 0 Å². The lowest BCUT2D eigenvalue weighted by molar-refractivity contribution is -0.143. The van der Waals surface area contributed by atoms with Gasteiger partial charge in [-0.3, -0.25) is 47.9 Å². The number of hydrogen-bond donors (Lipinski definition) is 14. The molecule has 9 unspecified atom stereocenters. The molecule has 9 amide bonds. The summed E-state index contributed by atoms with van der Waals surface area (Å²) in [7, 11) is 0. The number of rotatable bonds is 28. The Morgan fingerprint density at radius 2 is 0.655 bits per heavy atom. The first-order valence-electron chi connectivity index (χ1n) is 38.1. The van der Waals surface area contributed by atoms with Gasteiger partial charge < -0.3 is 93.0 Å². The Bertz CT molecular complexity index is 3650. The van der Waals surface area contributed by atoms with Crippen LogP contribution in [0.25, 0.3) is 0 Å². The van der Waals surface area contributed by atoms with Crippen LogP contribution in [0.4, 0.5) is 19.2 Å². The van der Waals surface area contributed by atoms with Crippen molar-refractivity contribution in [2.45, 2.75) is 194 Å². The maximum absolute atomic E-state index is 12.6. The molecule has 5 saturated heterocycles. The minimum absolute atomic E-state index is 0.0381. The number of aliphatic hydroxyl groups excluding tert-OH is 4. The first kappa shape index (κ1) is 93.1. The number of ether oxygens (including phenoxy) is 4. The Hall–Kier alpha value is -10.5. The molecule has 0 aromatic heterocycles. The lowest BCUT2D eigenvalue weighted by Gasteiger charge is -2.29. The van der Waals surface area contributed by atoms with Gasteiger partial charge in [-0.1, -0.05) is 177 Å². The van der Waals surface area contributed by atoms with Crippen LogP contribution in [0.1, 0.15) is 135 Å². The lowest BCUT2D eigenvalue weighted by atomic mass is 9.86. The van der Waals surface area contributed by atoms with Gasteiger partial charge in [0.25, 0.3) is 5.91 Å². The summed E-state index contributed by atoms with van der Waals surface area (Å²) in [6, 6.07) is 33.2. The Kier molecular flexibility index (Phi) is 39.9. The van der Waals surface area contributed by atoms with Crippen LogP contribution in [0.3, 0.4) is 0 Å². The van der Waals surface area contributed by atoms with Gasteiger partial charge in [-0.15, -0.1) is 0 Å². The molecule has 13 atom stereocenters. The highest BCUT2D eigenvalue weighted by molar-refractivity contribution is 6.37. The van der Waals surface area contributed by atoms with E-state index in [2.05, 4.69) is 47.9 Å². The summed E-state index contributed by atoms with van der Waals surface area (Å²) in [5.74, 6) is -6.58. The molecule has 15 N–H and O–H groups in total. The molecule has 0 saturated carbocycles. The molecular weight excluding hydrogens is 1460 g/mol. The zero-order valence-corrected chi connectivity index (χ0v) is 65.3. The van der Waals surface area contributed by atoms with Gasteiger partial charge in [0.2, 0.25) is 29.4 Å². The van der Waals surface area contributed by atoms with Gasteiger partial charge >= 0.3 is 24.4 Å². The average Bonchev–Trinajstić information content (AvgIpc) is 0.853. The van der Waals surface area contributed by atoms with E-state index >= 15 is 0 Å². The van der Waals surface area contributed by atoms with Crippen LogP contribution >= 0.6 is 0 Å². The highest BCUT2D eigenvalue weighted by Crippen LogP contribution is 2.25. The summed E-state index contributed by atoms with van der Waals surface area (Å²) >= 11 is 0. The van der Waals surface area contributed by atoms with Crippen molar-refractivity contribution >= 4 is 82.8 Å². The Balaban J connectivity index is 0.000000259. The van der Waals surface area contributed by atoms with E-state index in [0.717, 1.165) is 22.3 Å². The number of amides is 9. The summed E-state index contributed by atoms with van der Waals surface area (Å²) in [6.07, 6.45) is -4.21. The van der Waals surface area contributed by atoms with Crippen LogP contribution in [0, 0.1) is 47.3 Å². The van der Waals surface area contributed by atoms with Crippen LogP contribution in [0.2, 0.25) is 0 Å². The fourth-order valence-electron chi connectivity index (χ4n) is 12.5. The number of carbonyl (C=O) groups is 14. The number of piperidine rings is 5. The molecule has 0 radical (unpaired) electrons. The smallest absolute Gasteiger partial charge is 0.408 e. The molecule has 5 heterocycles. The normalized spacial score (nSPS) is 21.5. The second kappa shape index (κ2) is 48.4. The van der Waals surface area contributed by atoms with Crippen molar-refractivity contribution in [1.29, 1.82) is 0 Å². The van der Waals surface area contributed by atoms with E-state index < -0.39 is 126 Å². The average molecular weight is 1580 g/mol. The minimum atomic E-state index is -1.19. The largest absolute Gasteiger partial charge is 0.445 e. The van der Waals surface area contributed by atoms with E-state index in [0.29, 0.717) is 64.8 Å². The first-order valence-corrected chi connectivity index (χ1v) is 38.1.